The Morgan fingerprint density at radius 2 is 1.78 bits per heavy atom. The summed E-state index contributed by atoms with van der Waals surface area (Å²) < 4.78 is 4.94. The van der Waals surface area contributed by atoms with Crippen LogP contribution in [0.1, 0.15) is 28.4 Å². The van der Waals surface area contributed by atoms with Crippen LogP contribution in [0.25, 0.3) is 0 Å². The fourth-order valence-corrected chi connectivity index (χ4v) is 2.60. The molecule has 1 fully saturated rings. The summed E-state index contributed by atoms with van der Waals surface area (Å²) in [7, 11) is 0. The van der Waals surface area contributed by atoms with E-state index < -0.39 is 0 Å². The number of alkyl halides is 1. The summed E-state index contributed by atoms with van der Waals surface area (Å²) in [6.07, 6.45) is -0.251. The number of carbonyl (C=O) groups excluding carboxylic acids is 1. The van der Waals surface area contributed by atoms with Gasteiger partial charge < -0.3 is 4.74 Å². The number of anilines is 1. The maximum atomic E-state index is 11.5. The first-order chi connectivity index (χ1) is 11.0. The number of amides is 1. The van der Waals surface area contributed by atoms with Crippen LogP contribution in [0.5, 0.6) is 0 Å². The number of aryl methyl sites for hydroxylation is 2. The summed E-state index contributed by atoms with van der Waals surface area (Å²) >= 11 is 3.54. The molecule has 0 bridgehead atoms. The van der Waals surface area contributed by atoms with Crippen molar-refractivity contribution >= 4 is 27.7 Å². The molecule has 1 aliphatic rings. The van der Waals surface area contributed by atoms with Gasteiger partial charge in [-0.05, 0) is 44.0 Å². The van der Waals surface area contributed by atoms with E-state index in [0.717, 1.165) is 11.3 Å². The van der Waals surface area contributed by atoms with E-state index in [1.807, 2.05) is 37.3 Å². The Morgan fingerprint density at radius 3 is 2.26 bits per heavy atom. The highest BCUT2D eigenvalue weighted by molar-refractivity contribution is 9.09. The molecule has 0 spiro atoms. The highest BCUT2D eigenvalue weighted by atomic mass is 79.9. The zero-order chi connectivity index (χ0) is 16.8. The maximum absolute atomic E-state index is 11.5. The number of benzene rings is 2. The van der Waals surface area contributed by atoms with Crippen LogP contribution in [0.2, 0.25) is 0 Å². The number of hydrogen-bond donors (Lipinski definition) is 0. The number of cyclic esters (lactones) is 1. The van der Waals surface area contributed by atoms with E-state index in [1.54, 1.807) is 4.90 Å². The van der Waals surface area contributed by atoms with E-state index in [-0.39, 0.29) is 10.9 Å². The van der Waals surface area contributed by atoms with Gasteiger partial charge in [-0.15, -0.1) is 0 Å². The summed E-state index contributed by atoms with van der Waals surface area (Å²) in [6.45, 7) is 7.30. The van der Waals surface area contributed by atoms with Crippen LogP contribution < -0.4 is 4.90 Å². The molecule has 4 heteroatoms. The highest BCUT2D eigenvalue weighted by Gasteiger charge is 2.24. The van der Waals surface area contributed by atoms with Gasteiger partial charge in [-0.1, -0.05) is 57.9 Å². The van der Waals surface area contributed by atoms with Gasteiger partial charge in [0.25, 0.3) is 0 Å². The minimum Gasteiger partial charge on any atom is -0.447 e. The average molecular weight is 376 g/mol. The van der Waals surface area contributed by atoms with Gasteiger partial charge >= 0.3 is 6.09 Å². The Bertz CT molecular complexity index is 656. The number of nitrogens with zero attached hydrogens (tertiary/aromatic N) is 1. The molecule has 1 atom stereocenters. The van der Waals surface area contributed by atoms with Gasteiger partial charge in [-0.25, -0.2) is 4.79 Å². The zero-order valence-electron chi connectivity index (χ0n) is 13.8. The van der Waals surface area contributed by atoms with Crippen LogP contribution in [-0.4, -0.2) is 19.2 Å². The Balaban J connectivity index is 0.000000229. The van der Waals surface area contributed by atoms with Gasteiger partial charge in [0, 0.05) is 10.5 Å². The lowest BCUT2D eigenvalue weighted by Gasteiger charge is -2.16. The average Bonchev–Trinajstić information content (AvgIpc) is 2.94. The summed E-state index contributed by atoms with van der Waals surface area (Å²) in [5, 5.41) is 0. The Hall–Kier alpha value is -1.81. The molecule has 3 nitrogen and oxygen atoms in total. The minimum absolute atomic E-state index is 0.251. The summed E-state index contributed by atoms with van der Waals surface area (Å²) in [5.74, 6) is 0. The first kappa shape index (κ1) is 17.5. The van der Waals surface area contributed by atoms with Crippen LogP contribution in [0, 0.1) is 13.8 Å². The van der Waals surface area contributed by atoms with E-state index >= 15 is 0 Å². The van der Waals surface area contributed by atoms with Crippen molar-refractivity contribution in [2.75, 3.05) is 18.1 Å². The molecule has 0 radical (unpaired) electrons. The van der Waals surface area contributed by atoms with Crippen molar-refractivity contribution in [2.24, 2.45) is 0 Å². The van der Waals surface area contributed by atoms with Crippen molar-refractivity contribution < 1.29 is 9.53 Å². The molecule has 1 amide bonds. The van der Waals surface area contributed by atoms with Crippen LogP contribution >= 0.6 is 15.9 Å². The third-order valence-corrected chi connectivity index (χ3v) is 4.09. The highest BCUT2D eigenvalue weighted by Crippen LogP contribution is 2.28. The third-order valence-electron chi connectivity index (χ3n) is 3.56. The van der Waals surface area contributed by atoms with Gasteiger partial charge in [0.2, 0.25) is 0 Å². The van der Waals surface area contributed by atoms with E-state index in [0.29, 0.717) is 13.2 Å². The largest absolute Gasteiger partial charge is 0.447 e. The topological polar surface area (TPSA) is 29.5 Å². The molecule has 2 aromatic rings. The van der Waals surface area contributed by atoms with Gasteiger partial charge in [0.1, 0.15) is 6.61 Å². The minimum atomic E-state index is -0.251. The first-order valence-corrected chi connectivity index (χ1v) is 8.60. The van der Waals surface area contributed by atoms with Crippen molar-refractivity contribution in [3.05, 3.63) is 65.2 Å². The van der Waals surface area contributed by atoms with Gasteiger partial charge in [0.05, 0.1) is 6.54 Å². The fraction of sp³-hybridized carbons (Fsp3) is 0.316. The second-order valence-corrected chi connectivity index (χ2v) is 7.01. The van der Waals surface area contributed by atoms with E-state index in [2.05, 4.69) is 48.0 Å². The quantitative estimate of drug-likeness (QED) is 0.657. The van der Waals surface area contributed by atoms with Crippen molar-refractivity contribution in [2.45, 2.75) is 25.6 Å². The molecule has 1 unspecified atom stereocenters. The number of rotatable bonds is 2. The molecule has 0 aliphatic carbocycles. The fourth-order valence-electron chi connectivity index (χ4n) is 2.34. The summed E-state index contributed by atoms with van der Waals surface area (Å²) in [6, 6.07) is 16.4. The molecular weight excluding hydrogens is 354 g/mol. The van der Waals surface area contributed by atoms with E-state index in [9.17, 15) is 4.79 Å². The van der Waals surface area contributed by atoms with Gasteiger partial charge in [0.15, 0.2) is 0 Å². The number of ether oxygens (including phenoxy) is 1. The molecule has 1 heterocycles. The molecule has 0 N–H and O–H groups in total. The van der Waals surface area contributed by atoms with E-state index in [1.165, 1.54) is 11.1 Å². The van der Waals surface area contributed by atoms with Crippen molar-refractivity contribution in [3.63, 3.8) is 0 Å². The Morgan fingerprint density at radius 1 is 1.09 bits per heavy atom. The summed E-state index contributed by atoms with van der Waals surface area (Å²) in [5.41, 5.74) is 4.57. The third kappa shape index (κ3) is 5.10. The van der Waals surface area contributed by atoms with E-state index in [4.69, 9.17) is 4.74 Å². The second kappa shape index (κ2) is 8.16. The van der Waals surface area contributed by atoms with Crippen molar-refractivity contribution in [1.82, 2.24) is 0 Å². The number of carbonyl (C=O) groups is 1. The Kier molecular flexibility index (Phi) is 6.22. The lowest BCUT2D eigenvalue weighted by Crippen LogP contribution is -2.23. The number of halogens is 1. The molecule has 0 aromatic heterocycles. The van der Waals surface area contributed by atoms with Crippen LogP contribution in [-0.2, 0) is 4.74 Å². The molecule has 0 saturated carbocycles. The van der Waals surface area contributed by atoms with Crippen LogP contribution in [0.3, 0.4) is 0 Å². The predicted octanol–water partition coefficient (Wildman–Crippen LogP) is 5.40. The molecule has 23 heavy (non-hydrogen) atoms. The molecule has 3 rings (SSSR count). The summed E-state index contributed by atoms with van der Waals surface area (Å²) in [4.78, 5) is 13.4. The molecule has 122 valence electrons. The normalized spacial score (nSPS) is 14.8. The maximum Gasteiger partial charge on any atom is 0.414 e. The standard InChI is InChI=1S/C12H14BrNO2.C7H8/c1-8-5-10(9(2)13)7-11(6-8)14-3-4-16-12(14)15;1-7-5-3-2-4-6-7/h5-7,9H,3-4H2,1-2H3;2-6H,1H3. The first-order valence-electron chi connectivity index (χ1n) is 7.69. The molecule has 1 saturated heterocycles. The van der Waals surface area contributed by atoms with Gasteiger partial charge in [-0.2, -0.15) is 0 Å². The number of hydrogen-bond acceptors (Lipinski definition) is 2. The molecule has 1 aliphatic heterocycles. The second-order valence-electron chi connectivity index (χ2n) is 5.64. The molecular formula is C19H22BrNO2. The Labute approximate surface area is 146 Å². The molecule has 2 aromatic carbocycles. The smallest absolute Gasteiger partial charge is 0.414 e. The monoisotopic (exact) mass is 375 g/mol. The van der Waals surface area contributed by atoms with Crippen molar-refractivity contribution in [3.8, 4) is 0 Å². The van der Waals surface area contributed by atoms with Gasteiger partial charge in [-0.3, -0.25) is 4.90 Å². The zero-order valence-corrected chi connectivity index (χ0v) is 15.3. The lowest BCUT2D eigenvalue weighted by molar-refractivity contribution is 0.181. The predicted molar refractivity (Wildman–Crippen MR) is 98.4 cm³/mol. The van der Waals surface area contributed by atoms with Crippen LogP contribution in [0.15, 0.2) is 48.5 Å². The SMILES string of the molecule is Cc1cc(C(C)Br)cc(N2CCOC2=O)c1.Cc1ccccc1. The van der Waals surface area contributed by atoms with Crippen LogP contribution in [0.4, 0.5) is 10.5 Å². The lowest BCUT2D eigenvalue weighted by atomic mass is 10.1. The van der Waals surface area contributed by atoms with Crippen molar-refractivity contribution in [1.29, 1.82) is 0 Å².